The number of nitriles is 1. The van der Waals surface area contributed by atoms with Crippen molar-refractivity contribution >= 4 is 34.8 Å². The number of aryl methyl sites for hydroxylation is 1. The lowest BCUT2D eigenvalue weighted by Crippen LogP contribution is -2.30. The van der Waals surface area contributed by atoms with Crippen LogP contribution in [-0.4, -0.2) is 14.8 Å². The summed E-state index contributed by atoms with van der Waals surface area (Å²) in [5, 5.41) is 14.9. The first kappa shape index (κ1) is 18.8. The highest BCUT2D eigenvalue weighted by Gasteiger charge is 2.43. The Kier molecular flexibility index (Phi) is 4.54. The quantitative estimate of drug-likeness (QED) is 0.668. The summed E-state index contributed by atoms with van der Waals surface area (Å²) in [6.07, 6.45) is 2.15. The summed E-state index contributed by atoms with van der Waals surface area (Å²) in [4.78, 5) is 25.4. The lowest BCUT2D eigenvalue weighted by Gasteiger charge is -2.26. The first-order valence-electron chi connectivity index (χ1n) is 8.24. The number of rotatable bonds is 2. The van der Waals surface area contributed by atoms with Crippen LogP contribution in [0.5, 0.6) is 0 Å². The van der Waals surface area contributed by atoms with Gasteiger partial charge in [0.2, 0.25) is 0 Å². The van der Waals surface area contributed by atoms with E-state index < -0.39 is 16.7 Å². The monoisotopic (exact) mass is 432 g/mol. The molecule has 0 aliphatic heterocycles. The fourth-order valence-corrected chi connectivity index (χ4v) is 4.69. The molecule has 1 atom stereocenters. The topological polar surface area (TPSA) is 91.5 Å². The van der Waals surface area contributed by atoms with Gasteiger partial charge in [-0.3, -0.25) is 9.78 Å². The molecule has 1 unspecified atom stereocenters. The molecule has 4 rings (SSSR count). The number of H-pyrrole nitrogens is 1. The summed E-state index contributed by atoms with van der Waals surface area (Å²) < 4.78 is 0.977. The zero-order valence-electron chi connectivity index (χ0n) is 14.2. The molecular formula is C19H11Cl3N4O2. The van der Waals surface area contributed by atoms with Crippen molar-refractivity contribution in [2.75, 3.05) is 0 Å². The number of hydrogen-bond acceptors (Lipinski definition) is 4. The lowest BCUT2D eigenvalue weighted by atomic mass is 9.76. The van der Waals surface area contributed by atoms with Crippen LogP contribution in [0.4, 0.5) is 0 Å². The van der Waals surface area contributed by atoms with Gasteiger partial charge in [-0.15, -0.1) is 0 Å². The van der Waals surface area contributed by atoms with E-state index in [1.165, 1.54) is 12.1 Å². The van der Waals surface area contributed by atoms with Crippen molar-refractivity contribution in [2.45, 2.75) is 18.3 Å². The first-order chi connectivity index (χ1) is 13.4. The highest BCUT2D eigenvalue weighted by Crippen LogP contribution is 2.49. The molecule has 140 valence electrons. The minimum Gasteiger partial charge on any atom is -0.271 e. The smallest absolute Gasteiger partial charge is 0.271 e. The van der Waals surface area contributed by atoms with Crippen LogP contribution in [0.2, 0.25) is 15.1 Å². The molecule has 1 aliphatic rings. The maximum absolute atomic E-state index is 12.0. The van der Waals surface area contributed by atoms with E-state index in [-0.39, 0.29) is 15.7 Å². The van der Waals surface area contributed by atoms with E-state index in [1.54, 1.807) is 6.07 Å². The van der Waals surface area contributed by atoms with Gasteiger partial charge in [0.1, 0.15) is 11.6 Å². The molecule has 1 N–H and O–H groups in total. The Morgan fingerprint density at radius 3 is 2.50 bits per heavy atom. The van der Waals surface area contributed by atoms with Crippen LogP contribution < -0.4 is 11.2 Å². The van der Waals surface area contributed by atoms with Gasteiger partial charge in [-0.1, -0.05) is 40.9 Å². The third kappa shape index (κ3) is 2.83. The highest BCUT2D eigenvalue weighted by atomic mass is 35.5. The Morgan fingerprint density at radius 2 is 1.86 bits per heavy atom. The Labute approximate surface area is 173 Å². The number of aromatic amines is 1. The fourth-order valence-electron chi connectivity index (χ4n) is 3.70. The van der Waals surface area contributed by atoms with E-state index in [1.807, 2.05) is 12.1 Å². The van der Waals surface area contributed by atoms with Gasteiger partial charge in [0.25, 0.3) is 5.56 Å². The average molecular weight is 434 g/mol. The van der Waals surface area contributed by atoms with Crippen molar-refractivity contribution in [3.63, 3.8) is 0 Å². The van der Waals surface area contributed by atoms with Gasteiger partial charge in [0.15, 0.2) is 0 Å². The molecule has 0 amide bonds. The van der Waals surface area contributed by atoms with Crippen LogP contribution in [0, 0.1) is 11.3 Å². The number of hydrogen-bond donors (Lipinski definition) is 1. The van der Waals surface area contributed by atoms with E-state index in [2.05, 4.69) is 16.2 Å². The van der Waals surface area contributed by atoms with Crippen molar-refractivity contribution < 1.29 is 0 Å². The lowest BCUT2D eigenvalue weighted by molar-refractivity contribution is 0.648. The summed E-state index contributed by atoms with van der Waals surface area (Å²) in [5.74, 6) is 0. The van der Waals surface area contributed by atoms with Gasteiger partial charge >= 0.3 is 5.69 Å². The van der Waals surface area contributed by atoms with Gasteiger partial charge in [0.05, 0.1) is 11.8 Å². The molecule has 0 radical (unpaired) electrons. The Morgan fingerprint density at radius 1 is 1.14 bits per heavy atom. The van der Waals surface area contributed by atoms with Gasteiger partial charge in [-0.2, -0.15) is 15.0 Å². The van der Waals surface area contributed by atoms with Crippen molar-refractivity contribution in [1.29, 1.82) is 5.26 Å². The second-order valence-electron chi connectivity index (χ2n) is 6.45. The minimum atomic E-state index is -1.02. The van der Waals surface area contributed by atoms with Crippen molar-refractivity contribution in [2.24, 2.45) is 0 Å². The highest BCUT2D eigenvalue weighted by molar-refractivity contribution is 6.36. The molecule has 3 aromatic rings. The summed E-state index contributed by atoms with van der Waals surface area (Å²) in [6, 6.07) is 10.8. The van der Waals surface area contributed by atoms with Crippen molar-refractivity contribution in [3.05, 3.63) is 89.1 Å². The summed E-state index contributed by atoms with van der Waals surface area (Å²) in [6.45, 7) is 0. The van der Waals surface area contributed by atoms with E-state index in [0.717, 1.165) is 22.0 Å². The van der Waals surface area contributed by atoms with Gasteiger partial charge < -0.3 is 0 Å². The van der Waals surface area contributed by atoms with Crippen molar-refractivity contribution in [1.82, 2.24) is 14.8 Å². The van der Waals surface area contributed by atoms with Gasteiger partial charge in [-0.05, 0) is 48.2 Å². The molecule has 9 heteroatoms. The first-order valence-corrected chi connectivity index (χ1v) is 9.38. The maximum atomic E-state index is 12.0. The third-order valence-corrected chi connectivity index (χ3v) is 5.73. The number of nitrogens with one attached hydrogen (secondary N) is 1. The molecule has 6 nitrogen and oxygen atoms in total. The molecule has 0 saturated carbocycles. The third-order valence-electron chi connectivity index (χ3n) is 4.90. The zero-order valence-corrected chi connectivity index (χ0v) is 16.4. The number of fused-ring (bicyclic) bond motifs is 1. The molecule has 0 bridgehead atoms. The Balaban J connectivity index is 1.92. The number of nitrogens with zero attached hydrogens (tertiary/aromatic N) is 3. The SMILES string of the molecule is N#CC1(c2c(Cl)cc(-n3ncc(=O)[nH]c3=O)cc2Cl)CCc2cc(Cl)ccc21. The predicted molar refractivity (Wildman–Crippen MR) is 107 cm³/mol. The Bertz CT molecular complexity index is 1250. The van der Waals surface area contributed by atoms with Crippen LogP contribution in [0.15, 0.2) is 46.1 Å². The van der Waals surface area contributed by atoms with Crippen LogP contribution in [0.1, 0.15) is 23.1 Å². The van der Waals surface area contributed by atoms with Crippen LogP contribution in [0.25, 0.3) is 5.69 Å². The fraction of sp³-hybridized carbons (Fsp3) is 0.158. The van der Waals surface area contributed by atoms with Crippen molar-refractivity contribution in [3.8, 4) is 11.8 Å². The largest absolute Gasteiger partial charge is 0.349 e. The molecule has 1 aliphatic carbocycles. The number of benzene rings is 2. The summed E-state index contributed by atoms with van der Waals surface area (Å²) in [5.41, 5.74) is 0.195. The molecule has 0 spiro atoms. The van der Waals surface area contributed by atoms with Gasteiger partial charge in [-0.25, -0.2) is 4.79 Å². The zero-order chi connectivity index (χ0) is 20.1. The molecular weight excluding hydrogens is 423 g/mol. The molecule has 1 aromatic heterocycles. The Hall–Kier alpha value is -2.59. The van der Waals surface area contributed by atoms with E-state index >= 15 is 0 Å². The molecule has 0 saturated heterocycles. The van der Waals surface area contributed by atoms with E-state index in [0.29, 0.717) is 23.4 Å². The van der Waals surface area contributed by atoms with Crippen LogP contribution in [0.3, 0.4) is 0 Å². The molecule has 0 fully saturated rings. The number of halogens is 3. The van der Waals surface area contributed by atoms with E-state index in [9.17, 15) is 14.9 Å². The maximum Gasteiger partial charge on any atom is 0.349 e. The molecule has 2 aromatic carbocycles. The van der Waals surface area contributed by atoms with Crippen LogP contribution >= 0.6 is 34.8 Å². The second kappa shape index (κ2) is 6.78. The van der Waals surface area contributed by atoms with Gasteiger partial charge in [0, 0.05) is 20.6 Å². The summed E-state index contributed by atoms with van der Waals surface area (Å²) >= 11 is 19.2. The van der Waals surface area contributed by atoms with Crippen LogP contribution in [-0.2, 0) is 11.8 Å². The predicted octanol–water partition coefficient (Wildman–Crippen LogP) is 3.64. The molecule has 1 heterocycles. The standard InChI is InChI=1S/C19H11Cl3N4O2/c20-11-1-2-13-10(5-11)3-4-19(13,9-23)17-14(21)6-12(7-15(17)22)26-18(28)25-16(27)8-24-26/h1-2,5-8H,3-4H2,(H,25,27,28). The summed E-state index contributed by atoms with van der Waals surface area (Å²) in [7, 11) is 0. The number of aromatic nitrogens is 3. The second-order valence-corrected chi connectivity index (χ2v) is 7.70. The average Bonchev–Trinajstić information content (AvgIpc) is 2.99. The molecule has 28 heavy (non-hydrogen) atoms. The van der Waals surface area contributed by atoms with E-state index in [4.69, 9.17) is 34.8 Å². The minimum absolute atomic E-state index is 0.228. The normalized spacial score (nSPS) is 17.9.